The lowest BCUT2D eigenvalue weighted by Crippen LogP contribution is -2.50. The molecule has 3 aromatic carbocycles. The molecule has 12 heteroatoms. The summed E-state index contributed by atoms with van der Waals surface area (Å²) >= 11 is 6.22. The highest BCUT2D eigenvalue weighted by Gasteiger charge is 2.73. The van der Waals surface area contributed by atoms with Crippen LogP contribution in [0.25, 0.3) is 0 Å². The first kappa shape index (κ1) is 28.4. The van der Waals surface area contributed by atoms with Crippen molar-refractivity contribution >= 4 is 34.8 Å². The van der Waals surface area contributed by atoms with Gasteiger partial charge in [0.1, 0.15) is 0 Å². The molecule has 2 amide bonds. The molecule has 4 rings (SSSR count). The minimum Gasteiger partial charge on any atom is -0.321 e. The molecule has 0 bridgehead atoms. The zero-order valence-electron chi connectivity index (χ0n) is 20.4. The van der Waals surface area contributed by atoms with Crippen molar-refractivity contribution in [2.45, 2.75) is 44.8 Å². The van der Waals surface area contributed by atoms with Crippen LogP contribution in [-0.4, -0.2) is 24.2 Å². The number of halogens is 8. The molecule has 4 nitrogen and oxygen atoms in total. The Labute approximate surface area is 223 Å². The maximum atomic E-state index is 14.7. The molecule has 1 heterocycles. The Morgan fingerprint density at radius 3 is 2.21 bits per heavy atom. The van der Waals surface area contributed by atoms with Crippen LogP contribution < -0.4 is 10.2 Å². The average Bonchev–Trinajstić information content (AvgIpc) is 3.19. The largest absolute Gasteiger partial charge is 0.435 e. The second kappa shape index (κ2) is 9.86. The summed E-state index contributed by atoms with van der Waals surface area (Å²) in [6.45, 7) is 2.84. The number of anilines is 2. The summed E-state index contributed by atoms with van der Waals surface area (Å²) in [5, 5.41) is 2.47. The molecule has 206 valence electrons. The molecule has 0 aromatic heterocycles. The predicted octanol–water partition coefficient (Wildman–Crippen LogP) is 7.91. The first-order valence-electron chi connectivity index (χ1n) is 11.6. The number of nitrogens with one attached hydrogen (secondary N) is 1. The quantitative estimate of drug-likeness (QED) is 0.316. The maximum Gasteiger partial charge on any atom is 0.435 e. The molecule has 1 aliphatic heterocycles. The summed E-state index contributed by atoms with van der Waals surface area (Å²) in [5.41, 5.74) is -6.13. The van der Waals surface area contributed by atoms with Gasteiger partial charge in [-0.2, -0.15) is 26.3 Å². The first-order chi connectivity index (χ1) is 18.1. The van der Waals surface area contributed by atoms with E-state index in [4.69, 9.17) is 11.6 Å². The van der Waals surface area contributed by atoms with Gasteiger partial charge in [0.15, 0.2) is 0 Å². The van der Waals surface area contributed by atoms with Crippen LogP contribution in [0.1, 0.15) is 49.9 Å². The van der Waals surface area contributed by atoms with E-state index in [9.17, 15) is 40.3 Å². The summed E-state index contributed by atoms with van der Waals surface area (Å²) in [6.07, 6.45) is -12.7. The average molecular weight is 573 g/mol. The van der Waals surface area contributed by atoms with Crippen molar-refractivity contribution in [3.05, 3.63) is 93.0 Å². The number of benzene rings is 3. The number of amides is 2. The van der Waals surface area contributed by atoms with E-state index in [0.29, 0.717) is 23.4 Å². The van der Waals surface area contributed by atoms with Gasteiger partial charge in [-0.25, -0.2) is 4.39 Å². The summed E-state index contributed by atoms with van der Waals surface area (Å²) in [7, 11) is 0. The van der Waals surface area contributed by atoms with Crippen LogP contribution in [0, 0.1) is 6.92 Å². The zero-order valence-corrected chi connectivity index (χ0v) is 21.2. The van der Waals surface area contributed by atoms with E-state index >= 15 is 0 Å². The normalized spacial score (nSPS) is 14.0. The zero-order chi connectivity index (χ0) is 28.9. The summed E-state index contributed by atoms with van der Waals surface area (Å²) < 4.78 is 94.5. The smallest absolute Gasteiger partial charge is 0.321 e. The minimum absolute atomic E-state index is 0.00958. The standard InChI is InChI=1S/C27H20ClF7N2O2/c1-3-15-11-17(25(29,26(30,31)32)27(33,34)35)10-14(2)22(15)36-23(38)20-12-18(8-9-21(20)28)37-13-16-6-4-5-7-19(16)24(37)39/h4-12H,3,13H2,1-2H3,(H,36,38). The van der Waals surface area contributed by atoms with Crippen LogP contribution in [0.2, 0.25) is 5.02 Å². The second-order valence-corrected chi connectivity index (χ2v) is 9.41. The number of hydrogen-bond acceptors (Lipinski definition) is 2. The molecular formula is C27H20ClF7N2O2. The van der Waals surface area contributed by atoms with Gasteiger partial charge in [0.25, 0.3) is 11.8 Å². The molecular weight excluding hydrogens is 553 g/mol. The van der Waals surface area contributed by atoms with Gasteiger partial charge in [0.2, 0.25) is 0 Å². The van der Waals surface area contributed by atoms with Crippen molar-refractivity contribution in [1.29, 1.82) is 0 Å². The van der Waals surface area contributed by atoms with Gasteiger partial charge >= 0.3 is 18.0 Å². The van der Waals surface area contributed by atoms with Crippen LogP contribution in [0.5, 0.6) is 0 Å². The lowest BCUT2D eigenvalue weighted by molar-refractivity contribution is -0.348. The molecule has 1 aliphatic rings. The molecule has 0 fully saturated rings. The lowest BCUT2D eigenvalue weighted by Gasteiger charge is -2.31. The summed E-state index contributed by atoms with van der Waals surface area (Å²) in [4.78, 5) is 27.5. The molecule has 0 saturated carbocycles. The predicted molar refractivity (Wildman–Crippen MR) is 132 cm³/mol. The monoisotopic (exact) mass is 572 g/mol. The fourth-order valence-electron chi connectivity index (χ4n) is 4.50. The minimum atomic E-state index is -6.27. The number of hydrogen-bond donors (Lipinski definition) is 1. The number of carbonyl (C=O) groups is 2. The van der Waals surface area contributed by atoms with Gasteiger partial charge < -0.3 is 10.2 Å². The van der Waals surface area contributed by atoms with E-state index in [-0.39, 0.29) is 46.3 Å². The van der Waals surface area contributed by atoms with Crippen molar-refractivity contribution in [2.75, 3.05) is 10.2 Å². The topological polar surface area (TPSA) is 49.4 Å². The number of fused-ring (bicyclic) bond motifs is 1. The third-order valence-electron chi connectivity index (χ3n) is 6.54. The summed E-state index contributed by atoms with van der Waals surface area (Å²) in [5.74, 6) is -1.11. The number of rotatable bonds is 5. The molecule has 0 aliphatic carbocycles. The Balaban J connectivity index is 1.69. The van der Waals surface area contributed by atoms with Crippen molar-refractivity contribution < 1.29 is 40.3 Å². The third-order valence-corrected chi connectivity index (χ3v) is 6.87. The Morgan fingerprint density at radius 2 is 1.62 bits per heavy atom. The molecule has 1 N–H and O–H groups in total. The molecule has 0 radical (unpaired) electrons. The molecule has 0 atom stereocenters. The van der Waals surface area contributed by atoms with E-state index in [1.807, 2.05) is 0 Å². The van der Waals surface area contributed by atoms with Gasteiger partial charge in [0, 0.05) is 22.5 Å². The second-order valence-electron chi connectivity index (χ2n) is 9.00. The van der Waals surface area contributed by atoms with E-state index in [2.05, 4.69) is 5.32 Å². The highest BCUT2D eigenvalue weighted by Crippen LogP contribution is 2.54. The SMILES string of the molecule is CCc1cc(C(F)(C(F)(F)F)C(F)(F)F)cc(C)c1NC(=O)c1cc(N2Cc3ccccc3C2=O)ccc1Cl. The van der Waals surface area contributed by atoms with E-state index in [0.717, 1.165) is 12.5 Å². The van der Waals surface area contributed by atoms with Crippen molar-refractivity contribution in [3.63, 3.8) is 0 Å². The first-order valence-corrected chi connectivity index (χ1v) is 11.9. The molecule has 0 unspecified atom stereocenters. The van der Waals surface area contributed by atoms with E-state index < -0.39 is 29.5 Å². The third kappa shape index (κ3) is 4.84. The van der Waals surface area contributed by atoms with Gasteiger partial charge in [-0.05, 0) is 60.4 Å². The molecule has 39 heavy (non-hydrogen) atoms. The Morgan fingerprint density at radius 1 is 0.974 bits per heavy atom. The molecule has 0 saturated heterocycles. The van der Waals surface area contributed by atoms with Gasteiger partial charge in [-0.15, -0.1) is 0 Å². The Hall–Kier alpha value is -3.60. The van der Waals surface area contributed by atoms with Gasteiger partial charge in [-0.3, -0.25) is 9.59 Å². The molecule has 3 aromatic rings. The van der Waals surface area contributed by atoms with Crippen molar-refractivity contribution in [1.82, 2.24) is 0 Å². The highest BCUT2D eigenvalue weighted by atomic mass is 35.5. The number of carbonyl (C=O) groups excluding carboxylic acids is 2. The van der Waals surface area contributed by atoms with Crippen LogP contribution in [-0.2, 0) is 18.6 Å². The van der Waals surface area contributed by atoms with Gasteiger partial charge in [0.05, 0.1) is 17.1 Å². The number of alkyl halides is 7. The fourth-order valence-corrected chi connectivity index (χ4v) is 4.71. The van der Waals surface area contributed by atoms with Gasteiger partial charge in [-0.1, -0.05) is 42.8 Å². The highest BCUT2D eigenvalue weighted by molar-refractivity contribution is 6.34. The van der Waals surface area contributed by atoms with E-state index in [1.165, 1.54) is 30.0 Å². The van der Waals surface area contributed by atoms with E-state index in [1.54, 1.807) is 24.3 Å². The Kier molecular flexibility index (Phi) is 7.18. The number of nitrogens with zero attached hydrogens (tertiary/aromatic N) is 1. The lowest BCUT2D eigenvalue weighted by atomic mass is 9.89. The Bertz CT molecular complexity index is 1450. The maximum absolute atomic E-state index is 14.7. The van der Waals surface area contributed by atoms with Crippen LogP contribution in [0.15, 0.2) is 54.6 Å². The fraction of sp³-hybridized carbons (Fsp3) is 0.259. The molecule has 0 spiro atoms. The van der Waals surface area contributed by atoms with Crippen LogP contribution in [0.3, 0.4) is 0 Å². The van der Waals surface area contributed by atoms with Crippen molar-refractivity contribution in [2.24, 2.45) is 0 Å². The van der Waals surface area contributed by atoms with Crippen LogP contribution >= 0.6 is 11.6 Å². The summed E-state index contributed by atoms with van der Waals surface area (Å²) in [6, 6.07) is 12.1. The number of aryl methyl sites for hydroxylation is 2. The van der Waals surface area contributed by atoms with Crippen LogP contribution in [0.4, 0.5) is 42.1 Å². The van der Waals surface area contributed by atoms with Crippen molar-refractivity contribution in [3.8, 4) is 0 Å².